The van der Waals surface area contributed by atoms with Crippen LogP contribution >= 0.6 is 11.3 Å². The molecule has 1 aromatic rings. The third-order valence-electron chi connectivity index (χ3n) is 2.27. The third kappa shape index (κ3) is 4.22. The lowest BCUT2D eigenvalue weighted by atomic mass is 10.2. The number of nitrogens with one attached hydrogen (secondary N) is 1. The molecule has 0 aliphatic heterocycles. The van der Waals surface area contributed by atoms with E-state index in [4.69, 9.17) is 5.73 Å². The summed E-state index contributed by atoms with van der Waals surface area (Å²) in [5.74, 6) is 0. The summed E-state index contributed by atoms with van der Waals surface area (Å²) < 4.78 is 0. The Balaban J connectivity index is 2.08. The molecule has 14 heavy (non-hydrogen) atoms. The topological polar surface area (TPSA) is 38.0 Å². The molecular weight excluding hydrogens is 192 g/mol. The molecule has 0 aliphatic rings. The van der Waals surface area contributed by atoms with Gasteiger partial charge in [0.2, 0.25) is 0 Å². The van der Waals surface area contributed by atoms with Crippen molar-refractivity contribution in [3.05, 3.63) is 21.9 Å². The first-order chi connectivity index (χ1) is 6.70. The monoisotopic (exact) mass is 212 g/mol. The summed E-state index contributed by atoms with van der Waals surface area (Å²) in [5.41, 5.74) is 7.08. The highest BCUT2D eigenvalue weighted by atomic mass is 32.1. The van der Waals surface area contributed by atoms with Gasteiger partial charge in [0, 0.05) is 10.9 Å². The Kier molecular flexibility index (Phi) is 5.15. The van der Waals surface area contributed by atoms with Gasteiger partial charge in [-0.25, -0.2) is 0 Å². The maximum Gasteiger partial charge on any atom is 0.00870 e. The Bertz CT molecular complexity index is 256. The van der Waals surface area contributed by atoms with Crippen LogP contribution in [0.15, 0.2) is 11.4 Å². The Labute approximate surface area is 90.5 Å². The van der Waals surface area contributed by atoms with Gasteiger partial charge in [-0.1, -0.05) is 0 Å². The minimum absolute atomic E-state index is 0.311. The lowest BCUT2D eigenvalue weighted by Crippen LogP contribution is -2.25. The van der Waals surface area contributed by atoms with Gasteiger partial charge in [-0.15, -0.1) is 11.3 Å². The van der Waals surface area contributed by atoms with Crippen molar-refractivity contribution < 1.29 is 0 Å². The first kappa shape index (κ1) is 11.7. The fourth-order valence-corrected chi connectivity index (χ4v) is 2.23. The highest BCUT2D eigenvalue weighted by Gasteiger charge is 1.99. The zero-order valence-corrected chi connectivity index (χ0v) is 9.86. The highest BCUT2D eigenvalue weighted by molar-refractivity contribution is 7.10. The summed E-state index contributed by atoms with van der Waals surface area (Å²) in [6.07, 6.45) is 2.20. The average Bonchev–Trinajstić information content (AvgIpc) is 2.51. The van der Waals surface area contributed by atoms with Gasteiger partial charge in [0.1, 0.15) is 0 Å². The molecule has 0 fully saturated rings. The minimum Gasteiger partial charge on any atom is -0.328 e. The summed E-state index contributed by atoms with van der Waals surface area (Å²) in [5, 5.41) is 5.57. The lowest BCUT2D eigenvalue weighted by molar-refractivity contribution is 0.591. The van der Waals surface area contributed by atoms with E-state index >= 15 is 0 Å². The molecule has 0 bridgehead atoms. The summed E-state index contributed by atoms with van der Waals surface area (Å²) in [6, 6.07) is 2.49. The number of hydrogen-bond acceptors (Lipinski definition) is 3. The molecule has 1 atom stereocenters. The van der Waals surface area contributed by atoms with E-state index in [1.807, 2.05) is 18.3 Å². The number of rotatable bonds is 6. The van der Waals surface area contributed by atoms with Crippen molar-refractivity contribution in [2.75, 3.05) is 13.1 Å². The molecule has 0 spiro atoms. The van der Waals surface area contributed by atoms with Gasteiger partial charge in [-0.05, 0) is 56.8 Å². The van der Waals surface area contributed by atoms with Gasteiger partial charge < -0.3 is 11.1 Å². The summed E-state index contributed by atoms with van der Waals surface area (Å²) in [6.45, 7) is 6.31. The van der Waals surface area contributed by atoms with Crippen molar-refractivity contribution in [1.29, 1.82) is 0 Å². The third-order valence-corrected chi connectivity index (χ3v) is 3.36. The molecule has 1 heterocycles. The zero-order valence-electron chi connectivity index (χ0n) is 9.05. The molecule has 0 radical (unpaired) electrons. The highest BCUT2D eigenvalue weighted by Crippen LogP contribution is 2.15. The van der Waals surface area contributed by atoms with Crippen molar-refractivity contribution in [2.45, 2.75) is 32.7 Å². The van der Waals surface area contributed by atoms with Gasteiger partial charge in [0.05, 0.1) is 0 Å². The fourth-order valence-electron chi connectivity index (χ4n) is 1.32. The van der Waals surface area contributed by atoms with Crippen molar-refractivity contribution in [1.82, 2.24) is 5.32 Å². The molecule has 3 N–H and O–H groups in total. The molecule has 0 amide bonds. The van der Waals surface area contributed by atoms with Gasteiger partial charge >= 0.3 is 0 Å². The van der Waals surface area contributed by atoms with Crippen LogP contribution < -0.4 is 11.1 Å². The van der Waals surface area contributed by atoms with Crippen LogP contribution in [0, 0.1) is 6.92 Å². The van der Waals surface area contributed by atoms with Crippen LogP contribution in [-0.4, -0.2) is 19.1 Å². The van der Waals surface area contributed by atoms with Gasteiger partial charge in [0.25, 0.3) is 0 Å². The molecule has 1 rings (SSSR count). The Morgan fingerprint density at radius 3 is 2.86 bits per heavy atom. The van der Waals surface area contributed by atoms with Crippen LogP contribution in [0.25, 0.3) is 0 Å². The molecule has 1 aromatic heterocycles. The van der Waals surface area contributed by atoms with E-state index in [-0.39, 0.29) is 0 Å². The molecule has 0 aliphatic carbocycles. The number of thiophene rings is 1. The van der Waals surface area contributed by atoms with Crippen LogP contribution in [-0.2, 0) is 6.42 Å². The van der Waals surface area contributed by atoms with Crippen LogP contribution in [0.3, 0.4) is 0 Å². The predicted molar refractivity (Wildman–Crippen MR) is 63.9 cm³/mol. The summed E-state index contributed by atoms with van der Waals surface area (Å²) in [7, 11) is 0. The zero-order chi connectivity index (χ0) is 10.4. The van der Waals surface area contributed by atoms with Crippen LogP contribution in [0.2, 0.25) is 0 Å². The molecule has 0 aromatic carbocycles. The fraction of sp³-hybridized carbons (Fsp3) is 0.636. The second-order valence-corrected chi connectivity index (χ2v) is 4.79. The van der Waals surface area contributed by atoms with E-state index in [2.05, 4.69) is 23.7 Å². The van der Waals surface area contributed by atoms with Gasteiger partial charge in [-0.2, -0.15) is 0 Å². The average molecular weight is 212 g/mol. The second-order valence-electron chi connectivity index (χ2n) is 3.79. The molecule has 3 heteroatoms. The van der Waals surface area contributed by atoms with Crippen molar-refractivity contribution >= 4 is 11.3 Å². The van der Waals surface area contributed by atoms with Crippen LogP contribution in [0.4, 0.5) is 0 Å². The second kappa shape index (κ2) is 6.17. The van der Waals surface area contributed by atoms with E-state index in [9.17, 15) is 0 Å². The molecule has 1 unspecified atom stereocenters. The van der Waals surface area contributed by atoms with Crippen molar-refractivity contribution in [2.24, 2.45) is 5.73 Å². The molecule has 0 saturated heterocycles. The van der Waals surface area contributed by atoms with Gasteiger partial charge in [0.15, 0.2) is 0 Å². The first-order valence-corrected chi connectivity index (χ1v) is 6.07. The molecular formula is C11H20N2S. The maximum absolute atomic E-state index is 5.66. The Morgan fingerprint density at radius 2 is 2.29 bits per heavy atom. The molecule has 80 valence electrons. The van der Waals surface area contributed by atoms with Gasteiger partial charge in [-0.3, -0.25) is 0 Å². The van der Waals surface area contributed by atoms with Crippen LogP contribution in [0.5, 0.6) is 0 Å². The predicted octanol–water partition coefficient (Wildman–Crippen LogP) is 1.93. The van der Waals surface area contributed by atoms with E-state index in [1.54, 1.807) is 0 Å². The SMILES string of the molecule is Cc1ccsc1CCNCCC(C)N. The quantitative estimate of drug-likeness (QED) is 0.707. The summed E-state index contributed by atoms with van der Waals surface area (Å²) >= 11 is 1.85. The van der Waals surface area contributed by atoms with Crippen LogP contribution in [0.1, 0.15) is 23.8 Å². The van der Waals surface area contributed by atoms with Crippen molar-refractivity contribution in [3.63, 3.8) is 0 Å². The Morgan fingerprint density at radius 1 is 1.50 bits per heavy atom. The number of hydrogen-bond donors (Lipinski definition) is 2. The van der Waals surface area contributed by atoms with E-state index < -0.39 is 0 Å². The largest absolute Gasteiger partial charge is 0.328 e. The standard InChI is InChI=1S/C11H20N2S/c1-9-5-8-14-11(9)4-7-13-6-3-10(2)12/h5,8,10,13H,3-4,6-7,12H2,1-2H3. The van der Waals surface area contributed by atoms with E-state index in [1.165, 1.54) is 10.4 Å². The van der Waals surface area contributed by atoms with E-state index in [0.717, 1.165) is 25.9 Å². The minimum atomic E-state index is 0.311. The summed E-state index contributed by atoms with van der Waals surface area (Å²) in [4.78, 5) is 1.50. The maximum atomic E-state index is 5.66. The molecule has 2 nitrogen and oxygen atoms in total. The lowest BCUT2D eigenvalue weighted by Gasteiger charge is -2.06. The number of nitrogens with two attached hydrogens (primary N) is 1. The van der Waals surface area contributed by atoms with E-state index in [0.29, 0.717) is 6.04 Å². The number of aryl methyl sites for hydroxylation is 1. The van der Waals surface area contributed by atoms with Crippen molar-refractivity contribution in [3.8, 4) is 0 Å². The Hall–Kier alpha value is -0.380. The normalized spacial score (nSPS) is 13.1. The first-order valence-electron chi connectivity index (χ1n) is 5.19. The molecule has 0 saturated carbocycles. The smallest absolute Gasteiger partial charge is 0.00870 e.